The van der Waals surface area contributed by atoms with Crippen molar-refractivity contribution in [2.45, 2.75) is 43.7 Å². The van der Waals surface area contributed by atoms with Crippen molar-refractivity contribution in [2.75, 3.05) is 13.7 Å². The van der Waals surface area contributed by atoms with Gasteiger partial charge in [0, 0.05) is 6.04 Å². The van der Waals surface area contributed by atoms with Crippen molar-refractivity contribution >= 4 is 0 Å². The molecule has 0 saturated heterocycles. The van der Waals surface area contributed by atoms with Gasteiger partial charge in [0.15, 0.2) is 0 Å². The molecule has 20 heavy (non-hydrogen) atoms. The van der Waals surface area contributed by atoms with Gasteiger partial charge in [-0.05, 0) is 49.9 Å². The minimum Gasteiger partial charge on any atom is -0.497 e. The molecule has 0 unspecified atom stereocenters. The first-order valence-corrected chi connectivity index (χ1v) is 7.24. The van der Waals surface area contributed by atoms with Crippen LogP contribution >= 0.6 is 0 Å². The van der Waals surface area contributed by atoms with Gasteiger partial charge in [0.25, 0.3) is 0 Å². The molecule has 1 aliphatic carbocycles. The van der Waals surface area contributed by atoms with E-state index in [0.717, 1.165) is 38.0 Å². The van der Waals surface area contributed by atoms with Crippen LogP contribution in [0.3, 0.4) is 0 Å². The Bertz CT molecular complexity index is 463. The molecule has 0 bridgehead atoms. The number of rotatable bonds is 5. The van der Waals surface area contributed by atoms with E-state index in [0.29, 0.717) is 6.42 Å². The maximum Gasteiger partial charge on any atom is 0.140 e. The van der Waals surface area contributed by atoms with Crippen LogP contribution in [-0.4, -0.2) is 30.4 Å². The van der Waals surface area contributed by atoms with Crippen molar-refractivity contribution < 1.29 is 9.84 Å². The normalized spacial score (nSPS) is 25.9. The van der Waals surface area contributed by atoms with Gasteiger partial charge in [0.1, 0.15) is 11.4 Å². The summed E-state index contributed by atoms with van der Waals surface area (Å²) < 4.78 is 5.14. The summed E-state index contributed by atoms with van der Waals surface area (Å²) in [5.74, 6) is 3.44. The molecular weight excluding hydrogens is 250 g/mol. The number of terminal acetylenes is 1. The highest BCUT2D eigenvalue weighted by molar-refractivity contribution is 5.27. The van der Waals surface area contributed by atoms with Crippen molar-refractivity contribution in [2.24, 2.45) is 0 Å². The van der Waals surface area contributed by atoms with Crippen molar-refractivity contribution in [3.8, 4) is 18.1 Å². The van der Waals surface area contributed by atoms with Crippen LogP contribution in [0.2, 0.25) is 0 Å². The highest BCUT2D eigenvalue weighted by Crippen LogP contribution is 2.27. The second-order valence-corrected chi connectivity index (χ2v) is 5.42. The Morgan fingerprint density at radius 1 is 1.40 bits per heavy atom. The molecule has 108 valence electrons. The number of methoxy groups -OCH3 is 1. The van der Waals surface area contributed by atoms with Gasteiger partial charge in [0.05, 0.1) is 7.11 Å². The molecule has 3 heteroatoms. The zero-order valence-electron chi connectivity index (χ0n) is 12.1. The lowest BCUT2D eigenvalue weighted by Gasteiger charge is -2.36. The summed E-state index contributed by atoms with van der Waals surface area (Å²) in [5, 5.41) is 13.8. The van der Waals surface area contributed by atoms with Gasteiger partial charge in [-0.15, -0.1) is 6.42 Å². The minimum atomic E-state index is -0.974. The van der Waals surface area contributed by atoms with E-state index < -0.39 is 5.60 Å². The summed E-state index contributed by atoms with van der Waals surface area (Å²) in [6.45, 7) is 0.820. The predicted molar refractivity (Wildman–Crippen MR) is 80.7 cm³/mol. The van der Waals surface area contributed by atoms with E-state index in [9.17, 15) is 5.11 Å². The summed E-state index contributed by atoms with van der Waals surface area (Å²) in [4.78, 5) is 0. The van der Waals surface area contributed by atoms with Gasteiger partial charge in [-0.2, -0.15) is 0 Å². The largest absolute Gasteiger partial charge is 0.497 e. The van der Waals surface area contributed by atoms with Crippen LogP contribution in [-0.2, 0) is 6.42 Å². The third kappa shape index (κ3) is 3.53. The van der Waals surface area contributed by atoms with Crippen LogP contribution in [0.15, 0.2) is 24.3 Å². The second kappa shape index (κ2) is 6.78. The fourth-order valence-corrected chi connectivity index (χ4v) is 2.78. The van der Waals surface area contributed by atoms with E-state index in [-0.39, 0.29) is 6.04 Å². The van der Waals surface area contributed by atoms with Crippen molar-refractivity contribution in [3.63, 3.8) is 0 Å². The standard InChI is InChI=1S/C17H23NO2/c1-3-17(19)12-5-4-6-16(17)18-13-11-14-7-9-15(20-2)10-8-14/h1,7-10,16,18-19H,4-6,11-13H2,2H3/t16-,17+/m1/s1. The number of hydrogen-bond donors (Lipinski definition) is 2. The van der Waals surface area contributed by atoms with Gasteiger partial charge in [-0.1, -0.05) is 24.5 Å². The summed E-state index contributed by atoms with van der Waals surface area (Å²) in [7, 11) is 1.67. The first-order valence-electron chi connectivity index (χ1n) is 7.24. The second-order valence-electron chi connectivity index (χ2n) is 5.42. The summed E-state index contributed by atoms with van der Waals surface area (Å²) in [6, 6.07) is 8.07. The molecule has 1 saturated carbocycles. The van der Waals surface area contributed by atoms with Gasteiger partial charge >= 0.3 is 0 Å². The number of nitrogens with one attached hydrogen (secondary N) is 1. The first-order chi connectivity index (χ1) is 9.68. The fraction of sp³-hybridized carbons (Fsp3) is 0.529. The average molecular weight is 273 g/mol. The van der Waals surface area contributed by atoms with Crippen LogP contribution in [0.1, 0.15) is 31.2 Å². The van der Waals surface area contributed by atoms with Crippen LogP contribution in [0.4, 0.5) is 0 Å². The maximum absolute atomic E-state index is 10.4. The molecule has 1 fully saturated rings. The highest BCUT2D eigenvalue weighted by Gasteiger charge is 2.36. The molecule has 0 spiro atoms. The molecular formula is C17H23NO2. The Balaban J connectivity index is 1.84. The van der Waals surface area contributed by atoms with Crippen molar-refractivity contribution in [3.05, 3.63) is 29.8 Å². The highest BCUT2D eigenvalue weighted by atomic mass is 16.5. The fourth-order valence-electron chi connectivity index (χ4n) is 2.78. The summed E-state index contributed by atoms with van der Waals surface area (Å²) >= 11 is 0. The molecule has 0 heterocycles. The lowest BCUT2D eigenvalue weighted by molar-refractivity contribution is 0.0265. The van der Waals surface area contributed by atoms with E-state index in [1.807, 2.05) is 12.1 Å². The topological polar surface area (TPSA) is 41.5 Å². The number of benzene rings is 1. The van der Waals surface area contributed by atoms with Gasteiger partial charge < -0.3 is 15.2 Å². The molecule has 0 amide bonds. The third-order valence-corrected chi connectivity index (χ3v) is 4.09. The van der Waals surface area contributed by atoms with Crippen molar-refractivity contribution in [1.29, 1.82) is 0 Å². The predicted octanol–water partition coefficient (Wildman–Crippen LogP) is 2.13. The van der Waals surface area contributed by atoms with E-state index in [1.165, 1.54) is 5.56 Å². The Morgan fingerprint density at radius 2 is 2.15 bits per heavy atom. The molecule has 2 rings (SSSR count). The Labute approximate surface area is 121 Å². The smallest absolute Gasteiger partial charge is 0.140 e. The summed E-state index contributed by atoms with van der Waals surface area (Å²) in [5.41, 5.74) is 0.274. The quantitative estimate of drug-likeness (QED) is 0.808. The molecule has 1 aromatic carbocycles. The molecule has 1 aliphatic rings. The Kier molecular flexibility index (Phi) is 5.05. The van der Waals surface area contributed by atoms with Crippen LogP contribution in [0.25, 0.3) is 0 Å². The summed E-state index contributed by atoms with van der Waals surface area (Å²) in [6.07, 6.45) is 10.2. The number of aliphatic hydroxyl groups is 1. The monoisotopic (exact) mass is 273 g/mol. The van der Waals surface area contributed by atoms with Gasteiger partial charge in [-0.25, -0.2) is 0 Å². The van der Waals surface area contributed by atoms with E-state index >= 15 is 0 Å². The van der Waals surface area contributed by atoms with Crippen LogP contribution in [0.5, 0.6) is 5.75 Å². The molecule has 1 aromatic rings. The lowest BCUT2D eigenvalue weighted by atomic mass is 9.81. The third-order valence-electron chi connectivity index (χ3n) is 4.09. The zero-order chi connectivity index (χ0) is 14.4. The molecule has 0 aromatic heterocycles. The SMILES string of the molecule is C#C[C@]1(O)CCCC[C@H]1NCCc1ccc(OC)cc1. The van der Waals surface area contributed by atoms with E-state index in [1.54, 1.807) is 7.11 Å². The Morgan fingerprint density at radius 3 is 2.80 bits per heavy atom. The van der Waals surface area contributed by atoms with E-state index in [2.05, 4.69) is 23.4 Å². The lowest BCUT2D eigenvalue weighted by Crippen LogP contribution is -2.52. The molecule has 2 atom stereocenters. The van der Waals surface area contributed by atoms with Gasteiger partial charge in [-0.3, -0.25) is 0 Å². The molecule has 0 radical (unpaired) electrons. The zero-order valence-corrected chi connectivity index (χ0v) is 12.1. The Hall–Kier alpha value is -1.50. The molecule has 0 aliphatic heterocycles. The molecule has 3 nitrogen and oxygen atoms in total. The van der Waals surface area contributed by atoms with Gasteiger partial charge in [0.2, 0.25) is 0 Å². The van der Waals surface area contributed by atoms with E-state index in [4.69, 9.17) is 11.2 Å². The number of ether oxygens (including phenoxy) is 1. The molecule has 2 N–H and O–H groups in total. The van der Waals surface area contributed by atoms with Crippen LogP contribution < -0.4 is 10.1 Å². The minimum absolute atomic E-state index is 0.0134. The number of hydrogen-bond acceptors (Lipinski definition) is 3. The maximum atomic E-state index is 10.4. The van der Waals surface area contributed by atoms with Crippen molar-refractivity contribution in [1.82, 2.24) is 5.32 Å². The van der Waals surface area contributed by atoms with Crippen LogP contribution in [0, 0.1) is 12.3 Å². The first kappa shape index (κ1) is 14.9. The average Bonchev–Trinajstić information content (AvgIpc) is 2.50.